The Balaban J connectivity index is 4.47. The minimum Gasteiger partial charge on any atom is -0.462 e. The van der Waals surface area contributed by atoms with Crippen molar-refractivity contribution >= 4 is 17.9 Å². The van der Waals surface area contributed by atoms with Gasteiger partial charge in [0, 0.05) is 19.3 Å². The van der Waals surface area contributed by atoms with Crippen LogP contribution < -0.4 is 0 Å². The zero-order valence-corrected chi connectivity index (χ0v) is 38.2. The lowest BCUT2D eigenvalue weighted by Crippen LogP contribution is -2.30. The number of ether oxygens (including phenoxy) is 3. The van der Waals surface area contributed by atoms with E-state index in [1.54, 1.807) is 0 Å². The quantitative estimate of drug-likeness (QED) is 0.0264. The van der Waals surface area contributed by atoms with Crippen molar-refractivity contribution in [3.8, 4) is 0 Å². The maximum absolute atomic E-state index is 12.7. The summed E-state index contributed by atoms with van der Waals surface area (Å²) in [5.41, 5.74) is 0. The summed E-state index contributed by atoms with van der Waals surface area (Å²) < 4.78 is 16.7. The van der Waals surface area contributed by atoms with Gasteiger partial charge in [-0.05, 0) is 89.9 Å². The predicted octanol–water partition coefficient (Wildman–Crippen LogP) is 15.6. The van der Waals surface area contributed by atoms with Crippen molar-refractivity contribution in [2.45, 2.75) is 219 Å². The van der Waals surface area contributed by atoms with Gasteiger partial charge in [-0.25, -0.2) is 0 Å². The van der Waals surface area contributed by atoms with Crippen LogP contribution in [-0.2, 0) is 28.6 Å². The molecule has 0 fully saturated rings. The molecule has 336 valence electrons. The van der Waals surface area contributed by atoms with Crippen LogP contribution in [-0.4, -0.2) is 37.2 Å². The fourth-order valence-electron chi connectivity index (χ4n) is 6.33. The molecule has 0 spiro atoms. The van der Waals surface area contributed by atoms with Crippen LogP contribution in [0.2, 0.25) is 0 Å². The highest BCUT2D eigenvalue weighted by Crippen LogP contribution is 2.14. The van der Waals surface area contributed by atoms with Crippen LogP contribution in [0.5, 0.6) is 0 Å². The van der Waals surface area contributed by atoms with E-state index in [0.717, 1.165) is 122 Å². The lowest BCUT2D eigenvalue weighted by atomic mass is 10.1. The zero-order chi connectivity index (χ0) is 43.0. The van der Waals surface area contributed by atoms with Gasteiger partial charge in [-0.15, -0.1) is 0 Å². The monoisotopic (exact) mass is 821 g/mol. The summed E-state index contributed by atoms with van der Waals surface area (Å²) >= 11 is 0. The third-order valence-electron chi connectivity index (χ3n) is 9.90. The summed E-state index contributed by atoms with van der Waals surface area (Å²) in [6, 6.07) is 0. The molecule has 0 aliphatic rings. The van der Waals surface area contributed by atoms with Crippen molar-refractivity contribution < 1.29 is 28.6 Å². The van der Waals surface area contributed by atoms with E-state index in [0.29, 0.717) is 19.3 Å². The highest BCUT2D eigenvalue weighted by atomic mass is 16.6. The molecular weight excluding hydrogens is 733 g/mol. The molecule has 0 amide bonds. The van der Waals surface area contributed by atoms with Gasteiger partial charge >= 0.3 is 17.9 Å². The van der Waals surface area contributed by atoms with Gasteiger partial charge < -0.3 is 14.2 Å². The first-order valence-electron chi connectivity index (χ1n) is 24.1. The third kappa shape index (κ3) is 45.5. The van der Waals surface area contributed by atoms with Crippen LogP contribution in [0.15, 0.2) is 85.1 Å². The van der Waals surface area contributed by atoms with Gasteiger partial charge in [-0.2, -0.15) is 0 Å². The summed E-state index contributed by atoms with van der Waals surface area (Å²) in [7, 11) is 0. The van der Waals surface area contributed by atoms with Gasteiger partial charge in [0.25, 0.3) is 0 Å². The van der Waals surface area contributed by atoms with E-state index in [1.807, 2.05) is 0 Å². The van der Waals surface area contributed by atoms with E-state index in [-0.39, 0.29) is 31.1 Å². The maximum Gasteiger partial charge on any atom is 0.306 e. The second-order valence-electron chi connectivity index (χ2n) is 15.6. The van der Waals surface area contributed by atoms with Crippen LogP contribution in [0.4, 0.5) is 0 Å². The molecule has 0 aliphatic heterocycles. The Kier molecular flexibility index (Phi) is 44.5. The lowest BCUT2D eigenvalue weighted by Gasteiger charge is -2.18. The number of unbranched alkanes of at least 4 members (excludes halogenated alkanes) is 17. The molecule has 0 aromatic rings. The number of esters is 3. The van der Waals surface area contributed by atoms with E-state index in [9.17, 15) is 14.4 Å². The second kappa shape index (κ2) is 47.3. The fourth-order valence-corrected chi connectivity index (χ4v) is 6.33. The normalized spacial score (nSPS) is 12.8. The van der Waals surface area contributed by atoms with Crippen LogP contribution in [0, 0.1) is 0 Å². The molecule has 0 N–H and O–H groups in total. The first-order chi connectivity index (χ1) is 29.0. The Morgan fingerprint density at radius 3 is 1.07 bits per heavy atom. The molecule has 59 heavy (non-hydrogen) atoms. The van der Waals surface area contributed by atoms with Crippen molar-refractivity contribution in [2.24, 2.45) is 0 Å². The molecule has 0 saturated heterocycles. The van der Waals surface area contributed by atoms with Gasteiger partial charge in [0.05, 0.1) is 0 Å². The Labute approximate surface area is 363 Å². The molecule has 0 aromatic heterocycles. The van der Waals surface area contributed by atoms with Crippen molar-refractivity contribution in [3.05, 3.63) is 85.1 Å². The fraction of sp³-hybridized carbons (Fsp3) is 0.679. The Hall–Kier alpha value is -3.41. The summed E-state index contributed by atoms with van der Waals surface area (Å²) in [6.07, 6.45) is 59.9. The summed E-state index contributed by atoms with van der Waals surface area (Å²) in [5.74, 6) is -0.961. The molecule has 0 aliphatic carbocycles. The molecule has 6 nitrogen and oxygen atoms in total. The molecule has 0 unspecified atom stereocenters. The van der Waals surface area contributed by atoms with Crippen LogP contribution in [0.25, 0.3) is 0 Å². The predicted molar refractivity (Wildman–Crippen MR) is 251 cm³/mol. The van der Waals surface area contributed by atoms with Gasteiger partial charge in [0.1, 0.15) is 13.2 Å². The topological polar surface area (TPSA) is 78.9 Å². The number of allylic oxidation sites excluding steroid dienone is 14. The zero-order valence-electron chi connectivity index (χ0n) is 38.2. The Morgan fingerprint density at radius 1 is 0.356 bits per heavy atom. The van der Waals surface area contributed by atoms with Gasteiger partial charge in [0.2, 0.25) is 0 Å². The Morgan fingerprint density at radius 2 is 0.661 bits per heavy atom. The average Bonchev–Trinajstić information content (AvgIpc) is 3.23. The van der Waals surface area contributed by atoms with Crippen LogP contribution >= 0.6 is 0 Å². The highest BCUT2D eigenvalue weighted by molar-refractivity contribution is 5.71. The maximum atomic E-state index is 12.7. The Bertz CT molecular complexity index is 1170. The summed E-state index contributed by atoms with van der Waals surface area (Å²) in [4.78, 5) is 37.8. The smallest absolute Gasteiger partial charge is 0.306 e. The van der Waals surface area contributed by atoms with E-state index in [2.05, 4.69) is 106 Å². The molecule has 1 atom stereocenters. The summed E-state index contributed by atoms with van der Waals surface area (Å²) in [5, 5.41) is 0. The molecule has 0 bridgehead atoms. The minimum absolute atomic E-state index is 0.0983. The molecule has 0 radical (unpaired) electrons. The third-order valence-corrected chi connectivity index (χ3v) is 9.90. The summed E-state index contributed by atoms with van der Waals surface area (Å²) in [6.45, 7) is 6.34. The SMILES string of the molecule is CC/C=C\C/C=C\C/C=C\C/C=C\CCCCC(=O)OC[C@H](COC(=O)CCCCCCC/C=C\C/C=C\C/C=C\CC)OC(=O)CCCCCCCCCCCCC. The molecule has 6 heteroatoms. The van der Waals surface area contributed by atoms with E-state index in [1.165, 1.54) is 51.4 Å². The highest BCUT2D eigenvalue weighted by Gasteiger charge is 2.19. The molecule has 0 rings (SSSR count). The van der Waals surface area contributed by atoms with Gasteiger partial charge in [-0.3, -0.25) is 14.4 Å². The van der Waals surface area contributed by atoms with Crippen molar-refractivity contribution in [1.29, 1.82) is 0 Å². The first-order valence-corrected chi connectivity index (χ1v) is 24.1. The van der Waals surface area contributed by atoms with Crippen molar-refractivity contribution in [3.63, 3.8) is 0 Å². The number of carbonyl (C=O) groups excluding carboxylic acids is 3. The number of carbonyl (C=O) groups is 3. The van der Waals surface area contributed by atoms with Gasteiger partial charge in [-0.1, -0.05) is 189 Å². The van der Waals surface area contributed by atoms with E-state index in [4.69, 9.17) is 14.2 Å². The molecule has 0 aromatic carbocycles. The number of hydrogen-bond donors (Lipinski definition) is 0. The lowest BCUT2D eigenvalue weighted by molar-refractivity contribution is -0.167. The largest absolute Gasteiger partial charge is 0.462 e. The molecule has 0 saturated carbocycles. The minimum atomic E-state index is -0.797. The molecular formula is C53H88O6. The number of hydrogen-bond acceptors (Lipinski definition) is 6. The van der Waals surface area contributed by atoms with Crippen LogP contribution in [0.3, 0.4) is 0 Å². The van der Waals surface area contributed by atoms with Crippen molar-refractivity contribution in [1.82, 2.24) is 0 Å². The first kappa shape index (κ1) is 55.6. The standard InChI is InChI=1S/C53H88O6/c1-4-7-10-13-16-19-22-24-26-28-31-33-36-39-42-45-51(54)57-48-50(59-53(56)47-44-41-38-35-30-21-18-15-12-9-6-3)49-58-52(55)46-43-40-37-34-32-29-27-25-23-20-17-14-11-8-5-2/h7-8,10-11,16-17,19-20,24-27,31,33,50H,4-6,9,12-15,18,21-23,28-30,32,34-49H2,1-3H3/b10-7-,11-8-,19-16-,20-17-,26-24-,27-25-,33-31-/t50-/m1/s1. The van der Waals surface area contributed by atoms with E-state index >= 15 is 0 Å². The molecule has 0 heterocycles. The number of rotatable bonds is 42. The van der Waals surface area contributed by atoms with Crippen molar-refractivity contribution in [2.75, 3.05) is 13.2 Å². The van der Waals surface area contributed by atoms with E-state index < -0.39 is 6.10 Å². The van der Waals surface area contributed by atoms with Gasteiger partial charge in [0.15, 0.2) is 6.10 Å². The average molecular weight is 821 g/mol. The van der Waals surface area contributed by atoms with Crippen LogP contribution in [0.1, 0.15) is 213 Å². The second-order valence-corrected chi connectivity index (χ2v) is 15.6.